The second-order valence-corrected chi connectivity index (χ2v) is 4.49. The van der Waals surface area contributed by atoms with Gasteiger partial charge in [-0.25, -0.2) is 4.39 Å². The molecule has 1 aliphatic rings. The Kier molecular flexibility index (Phi) is 2.56. The van der Waals surface area contributed by atoms with Crippen molar-refractivity contribution in [3.63, 3.8) is 0 Å². The molecule has 18 heavy (non-hydrogen) atoms. The van der Waals surface area contributed by atoms with Crippen molar-refractivity contribution in [2.24, 2.45) is 7.05 Å². The normalized spacial score (nSPS) is 22.4. The van der Waals surface area contributed by atoms with E-state index in [0.29, 0.717) is 17.7 Å². The molecule has 0 bridgehead atoms. The highest BCUT2D eigenvalue weighted by molar-refractivity contribution is 5.38. The number of aromatic nitrogens is 2. The summed E-state index contributed by atoms with van der Waals surface area (Å²) in [5.41, 5.74) is 1.42. The molecule has 0 amide bonds. The van der Waals surface area contributed by atoms with Gasteiger partial charge in [0, 0.05) is 30.8 Å². The van der Waals surface area contributed by atoms with Crippen molar-refractivity contribution < 1.29 is 14.2 Å². The van der Waals surface area contributed by atoms with Gasteiger partial charge >= 0.3 is 0 Å². The number of aliphatic hydroxyl groups is 1. The Hall–Kier alpha value is -1.88. The van der Waals surface area contributed by atoms with E-state index in [-0.39, 0.29) is 11.9 Å². The molecule has 4 nitrogen and oxygen atoms in total. The second kappa shape index (κ2) is 4.10. The van der Waals surface area contributed by atoms with Crippen molar-refractivity contribution in [2.75, 3.05) is 0 Å². The van der Waals surface area contributed by atoms with Gasteiger partial charge < -0.3 is 9.84 Å². The maximum absolute atomic E-state index is 13.1. The maximum Gasteiger partial charge on any atom is 0.130 e. The predicted molar refractivity (Wildman–Crippen MR) is 62.6 cm³/mol. The van der Waals surface area contributed by atoms with Gasteiger partial charge in [0.15, 0.2) is 0 Å². The van der Waals surface area contributed by atoms with Crippen LogP contribution in [0.3, 0.4) is 0 Å². The van der Waals surface area contributed by atoms with Crippen molar-refractivity contribution in [2.45, 2.75) is 18.6 Å². The standard InChI is InChI=1S/C13H13FN2O2/c1-16-7-8(6-15-16)13-5-11(17)10-4-9(14)2-3-12(10)18-13/h2-4,6-7,11,13,17H,5H2,1H3/t11-,13?/m0/s1. The molecule has 94 valence electrons. The van der Waals surface area contributed by atoms with Crippen LogP contribution in [0.5, 0.6) is 5.75 Å². The number of benzene rings is 1. The molecule has 0 saturated carbocycles. The molecule has 0 radical (unpaired) electrons. The summed E-state index contributed by atoms with van der Waals surface area (Å²) in [6.45, 7) is 0. The van der Waals surface area contributed by atoms with Gasteiger partial charge in [0.2, 0.25) is 0 Å². The number of rotatable bonds is 1. The van der Waals surface area contributed by atoms with E-state index in [9.17, 15) is 9.50 Å². The molecule has 0 fully saturated rings. The number of hydrogen-bond acceptors (Lipinski definition) is 3. The van der Waals surface area contributed by atoms with Gasteiger partial charge in [-0.3, -0.25) is 4.68 Å². The molecule has 2 aromatic rings. The molecule has 5 heteroatoms. The molecule has 0 aliphatic carbocycles. The molecule has 0 spiro atoms. The Bertz CT molecular complexity index is 582. The smallest absolute Gasteiger partial charge is 0.130 e. The lowest BCUT2D eigenvalue weighted by Crippen LogP contribution is -2.18. The van der Waals surface area contributed by atoms with E-state index in [1.807, 2.05) is 13.2 Å². The molecule has 2 atom stereocenters. The number of aryl methyl sites for hydroxylation is 1. The highest BCUT2D eigenvalue weighted by Gasteiger charge is 2.29. The molecule has 2 heterocycles. The van der Waals surface area contributed by atoms with Crippen LogP contribution in [0.1, 0.15) is 29.8 Å². The zero-order valence-corrected chi connectivity index (χ0v) is 9.88. The number of hydrogen-bond donors (Lipinski definition) is 1. The van der Waals surface area contributed by atoms with E-state index in [4.69, 9.17) is 4.74 Å². The molecule has 1 aromatic carbocycles. The van der Waals surface area contributed by atoms with Crippen LogP contribution in [-0.2, 0) is 7.05 Å². The van der Waals surface area contributed by atoms with Crippen LogP contribution in [-0.4, -0.2) is 14.9 Å². The van der Waals surface area contributed by atoms with Crippen LogP contribution in [0.4, 0.5) is 4.39 Å². The Morgan fingerprint density at radius 2 is 2.33 bits per heavy atom. The fraction of sp³-hybridized carbons (Fsp3) is 0.308. The third kappa shape index (κ3) is 1.86. The fourth-order valence-electron chi connectivity index (χ4n) is 2.23. The minimum absolute atomic E-state index is 0.244. The molecule has 1 aliphatic heterocycles. The summed E-state index contributed by atoms with van der Waals surface area (Å²) in [6, 6.07) is 4.20. The SMILES string of the molecule is Cn1cc(C2C[C@H](O)c3cc(F)ccc3O2)cn1. The number of halogens is 1. The lowest BCUT2D eigenvalue weighted by atomic mass is 9.96. The van der Waals surface area contributed by atoms with Gasteiger partial charge in [-0.1, -0.05) is 0 Å². The molecule has 1 unspecified atom stereocenters. The summed E-state index contributed by atoms with van der Waals surface area (Å²) in [4.78, 5) is 0. The van der Waals surface area contributed by atoms with E-state index in [2.05, 4.69) is 5.10 Å². The van der Waals surface area contributed by atoms with Gasteiger partial charge in [-0.15, -0.1) is 0 Å². The monoisotopic (exact) mass is 248 g/mol. The van der Waals surface area contributed by atoms with Crippen LogP contribution in [0.25, 0.3) is 0 Å². The highest BCUT2D eigenvalue weighted by atomic mass is 19.1. The first kappa shape index (κ1) is 11.2. The summed E-state index contributed by atoms with van der Waals surface area (Å²) in [5.74, 6) is 0.167. The third-order valence-corrected chi connectivity index (χ3v) is 3.13. The lowest BCUT2D eigenvalue weighted by molar-refractivity contribution is 0.0653. The second-order valence-electron chi connectivity index (χ2n) is 4.49. The maximum atomic E-state index is 13.1. The predicted octanol–water partition coefficient (Wildman–Crippen LogP) is 2.12. The summed E-state index contributed by atoms with van der Waals surface area (Å²) >= 11 is 0. The molecular weight excluding hydrogens is 235 g/mol. The number of ether oxygens (including phenoxy) is 1. The Morgan fingerprint density at radius 3 is 3.06 bits per heavy atom. The van der Waals surface area contributed by atoms with E-state index >= 15 is 0 Å². The molecule has 1 N–H and O–H groups in total. The largest absolute Gasteiger partial charge is 0.485 e. The quantitative estimate of drug-likeness (QED) is 0.840. The van der Waals surface area contributed by atoms with E-state index < -0.39 is 6.10 Å². The first-order valence-electron chi connectivity index (χ1n) is 5.76. The van der Waals surface area contributed by atoms with Gasteiger partial charge in [-0.2, -0.15) is 5.10 Å². The van der Waals surface area contributed by atoms with Gasteiger partial charge in [-0.05, 0) is 18.2 Å². The van der Waals surface area contributed by atoms with E-state index in [1.54, 1.807) is 16.9 Å². The van der Waals surface area contributed by atoms with Crippen LogP contribution < -0.4 is 4.74 Å². The first-order chi connectivity index (χ1) is 8.63. The number of aliphatic hydroxyl groups excluding tert-OH is 1. The fourth-order valence-corrected chi connectivity index (χ4v) is 2.23. The van der Waals surface area contributed by atoms with E-state index in [0.717, 1.165) is 5.56 Å². The number of fused-ring (bicyclic) bond motifs is 1. The minimum Gasteiger partial charge on any atom is -0.485 e. The molecule has 0 saturated heterocycles. The van der Waals surface area contributed by atoms with Crippen molar-refractivity contribution in [1.29, 1.82) is 0 Å². The van der Waals surface area contributed by atoms with E-state index in [1.165, 1.54) is 12.1 Å². The number of nitrogens with zero attached hydrogens (tertiary/aromatic N) is 2. The topological polar surface area (TPSA) is 47.3 Å². The summed E-state index contributed by atoms with van der Waals surface area (Å²) in [7, 11) is 1.83. The summed E-state index contributed by atoms with van der Waals surface area (Å²) in [6.07, 6.45) is 3.02. The third-order valence-electron chi connectivity index (χ3n) is 3.13. The zero-order valence-electron chi connectivity index (χ0n) is 9.88. The van der Waals surface area contributed by atoms with Crippen LogP contribution >= 0.6 is 0 Å². The Labute approximate surface area is 104 Å². The summed E-state index contributed by atoms with van der Waals surface area (Å²) < 4.78 is 20.6. The Morgan fingerprint density at radius 1 is 1.50 bits per heavy atom. The van der Waals surface area contributed by atoms with Gasteiger partial charge in [0.25, 0.3) is 0 Å². The van der Waals surface area contributed by atoms with Gasteiger partial charge in [0.05, 0.1) is 12.3 Å². The first-order valence-corrected chi connectivity index (χ1v) is 5.76. The molecule has 1 aromatic heterocycles. The van der Waals surface area contributed by atoms with Gasteiger partial charge in [0.1, 0.15) is 17.7 Å². The van der Waals surface area contributed by atoms with Crippen molar-refractivity contribution in [3.05, 3.63) is 47.5 Å². The highest BCUT2D eigenvalue weighted by Crippen LogP contribution is 2.40. The zero-order chi connectivity index (χ0) is 12.7. The van der Waals surface area contributed by atoms with Crippen LogP contribution in [0.15, 0.2) is 30.6 Å². The average Bonchev–Trinajstić information content (AvgIpc) is 2.77. The Balaban J connectivity index is 1.94. The van der Waals surface area contributed by atoms with Crippen molar-refractivity contribution in [3.8, 4) is 5.75 Å². The lowest BCUT2D eigenvalue weighted by Gasteiger charge is -2.29. The minimum atomic E-state index is -0.713. The average molecular weight is 248 g/mol. The van der Waals surface area contributed by atoms with Crippen LogP contribution in [0.2, 0.25) is 0 Å². The van der Waals surface area contributed by atoms with Crippen molar-refractivity contribution in [1.82, 2.24) is 9.78 Å². The molecular formula is C13H13FN2O2. The molecule has 3 rings (SSSR count). The summed E-state index contributed by atoms with van der Waals surface area (Å²) in [5, 5.41) is 14.1. The van der Waals surface area contributed by atoms with Crippen molar-refractivity contribution >= 4 is 0 Å². The van der Waals surface area contributed by atoms with Crippen LogP contribution in [0, 0.1) is 5.82 Å².